The van der Waals surface area contributed by atoms with Crippen molar-refractivity contribution in [3.8, 4) is 5.75 Å². The van der Waals surface area contributed by atoms with Crippen LogP contribution in [0.2, 0.25) is 0 Å². The standard InChI is InChI=1S/C10H12F3N3O/c11-10(12,13)8-5-7(1-2-9(8)17)6-16(15)4-3-14/h1-5,17H,6,14-15H2/b4-3-. The lowest BCUT2D eigenvalue weighted by molar-refractivity contribution is -0.138. The maximum Gasteiger partial charge on any atom is 0.419 e. The van der Waals surface area contributed by atoms with Gasteiger partial charge in [0.1, 0.15) is 5.75 Å². The molecule has 17 heavy (non-hydrogen) atoms. The summed E-state index contributed by atoms with van der Waals surface area (Å²) in [6, 6.07) is 3.19. The van der Waals surface area contributed by atoms with Crippen molar-refractivity contribution in [3.63, 3.8) is 0 Å². The second kappa shape index (κ2) is 4.96. The summed E-state index contributed by atoms with van der Waals surface area (Å²) in [4.78, 5) is 0. The number of hydrogen-bond acceptors (Lipinski definition) is 4. The normalized spacial score (nSPS) is 12.0. The molecule has 0 fully saturated rings. The lowest BCUT2D eigenvalue weighted by atomic mass is 10.1. The topological polar surface area (TPSA) is 75.5 Å². The minimum Gasteiger partial charge on any atom is -0.507 e. The highest BCUT2D eigenvalue weighted by Gasteiger charge is 2.33. The Morgan fingerprint density at radius 2 is 2.00 bits per heavy atom. The molecule has 0 radical (unpaired) electrons. The van der Waals surface area contributed by atoms with Gasteiger partial charge < -0.3 is 15.8 Å². The van der Waals surface area contributed by atoms with Gasteiger partial charge in [0.25, 0.3) is 0 Å². The van der Waals surface area contributed by atoms with Crippen molar-refractivity contribution in [3.05, 3.63) is 41.7 Å². The molecule has 4 nitrogen and oxygen atoms in total. The van der Waals surface area contributed by atoms with E-state index in [0.717, 1.165) is 17.1 Å². The highest BCUT2D eigenvalue weighted by Crippen LogP contribution is 2.36. The van der Waals surface area contributed by atoms with E-state index in [4.69, 9.17) is 16.7 Å². The van der Waals surface area contributed by atoms with Crippen LogP contribution in [0.4, 0.5) is 13.2 Å². The molecule has 1 aromatic carbocycles. The fraction of sp³-hybridized carbons (Fsp3) is 0.200. The summed E-state index contributed by atoms with van der Waals surface area (Å²) in [5.74, 6) is 4.63. The summed E-state index contributed by atoms with van der Waals surface area (Å²) in [6.45, 7) is 0.0526. The number of hydrogen-bond donors (Lipinski definition) is 3. The average Bonchev–Trinajstić information content (AvgIpc) is 2.19. The Morgan fingerprint density at radius 3 is 2.53 bits per heavy atom. The van der Waals surface area contributed by atoms with Crippen molar-refractivity contribution in [2.24, 2.45) is 11.6 Å². The quantitative estimate of drug-likeness (QED) is 0.559. The van der Waals surface area contributed by atoms with Crippen LogP contribution in [0.3, 0.4) is 0 Å². The molecule has 5 N–H and O–H groups in total. The Labute approximate surface area is 95.9 Å². The van der Waals surface area contributed by atoms with Crippen LogP contribution in [0.1, 0.15) is 11.1 Å². The molecule has 7 heteroatoms. The number of hydrazine groups is 1. The van der Waals surface area contributed by atoms with Crippen molar-refractivity contribution in [1.29, 1.82) is 0 Å². The van der Waals surface area contributed by atoms with Gasteiger partial charge in [0, 0.05) is 12.4 Å². The summed E-state index contributed by atoms with van der Waals surface area (Å²) in [5, 5.41) is 10.2. The molecule has 0 amide bonds. The van der Waals surface area contributed by atoms with Gasteiger partial charge >= 0.3 is 6.18 Å². The Kier molecular flexibility index (Phi) is 3.84. The molecule has 0 saturated heterocycles. The maximum atomic E-state index is 12.5. The number of nitrogens with two attached hydrogens (primary N) is 2. The number of alkyl halides is 3. The molecule has 0 aliphatic rings. The summed E-state index contributed by atoms with van der Waals surface area (Å²) in [6.07, 6.45) is -2.10. The molecular formula is C10H12F3N3O. The van der Waals surface area contributed by atoms with Gasteiger partial charge in [0.15, 0.2) is 0 Å². The molecule has 0 heterocycles. The van der Waals surface area contributed by atoms with E-state index >= 15 is 0 Å². The smallest absolute Gasteiger partial charge is 0.419 e. The van der Waals surface area contributed by atoms with Crippen LogP contribution in [0.25, 0.3) is 0 Å². The number of halogens is 3. The molecule has 0 aliphatic carbocycles. The minimum atomic E-state index is -4.59. The van der Waals surface area contributed by atoms with Crippen LogP contribution in [-0.4, -0.2) is 10.1 Å². The molecular weight excluding hydrogens is 235 g/mol. The van der Waals surface area contributed by atoms with Gasteiger partial charge in [-0.2, -0.15) is 13.2 Å². The first-order valence-electron chi connectivity index (χ1n) is 4.63. The fourth-order valence-corrected chi connectivity index (χ4v) is 1.28. The molecule has 0 unspecified atom stereocenters. The second-order valence-electron chi connectivity index (χ2n) is 3.36. The lowest BCUT2D eigenvalue weighted by Crippen LogP contribution is -2.24. The molecule has 0 aromatic heterocycles. The van der Waals surface area contributed by atoms with Crippen LogP contribution in [0.5, 0.6) is 5.75 Å². The maximum absolute atomic E-state index is 12.5. The van der Waals surface area contributed by atoms with Crippen LogP contribution in [0.15, 0.2) is 30.6 Å². The van der Waals surface area contributed by atoms with Crippen molar-refractivity contribution in [1.82, 2.24) is 5.01 Å². The molecule has 0 aliphatic heterocycles. The molecule has 0 spiro atoms. The van der Waals surface area contributed by atoms with E-state index in [-0.39, 0.29) is 6.54 Å². The van der Waals surface area contributed by atoms with Crippen molar-refractivity contribution in [2.75, 3.05) is 0 Å². The Morgan fingerprint density at radius 1 is 1.35 bits per heavy atom. The Hall–Kier alpha value is -1.89. The summed E-state index contributed by atoms with van der Waals surface area (Å²) in [7, 11) is 0. The van der Waals surface area contributed by atoms with Crippen LogP contribution >= 0.6 is 0 Å². The van der Waals surface area contributed by atoms with E-state index in [1.165, 1.54) is 18.5 Å². The lowest BCUT2D eigenvalue weighted by Gasteiger charge is -2.15. The predicted molar refractivity (Wildman–Crippen MR) is 56.2 cm³/mol. The van der Waals surface area contributed by atoms with Gasteiger partial charge in [-0.1, -0.05) is 6.07 Å². The second-order valence-corrected chi connectivity index (χ2v) is 3.36. The van der Waals surface area contributed by atoms with E-state index in [9.17, 15) is 13.2 Å². The molecule has 0 atom stereocenters. The molecule has 1 aromatic rings. The van der Waals surface area contributed by atoms with E-state index in [1.807, 2.05) is 0 Å². The van der Waals surface area contributed by atoms with Crippen molar-refractivity contribution >= 4 is 0 Å². The number of nitrogens with zero attached hydrogens (tertiary/aromatic N) is 1. The number of phenolic OH excluding ortho intramolecular Hbond substituents is 1. The van der Waals surface area contributed by atoms with Gasteiger partial charge in [-0.3, -0.25) is 0 Å². The number of rotatable bonds is 3. The van der Waals surface area contributed by atoms with Crippen LogP contribution in [-0.2, 0) is 12.7 Å². The third-order valence-electron chi connectivity index (χ3n) is 2.01. The zero-order chi connectivity index (χ0) is 13.1. The first-order chi connectivity index (χ1) is 7.84. The van der Waals surface area contributed by atoms with E-state index < -0.39 is 17.5 Å². The van der Waals surface area contributed by atoms with Gasteiger partial charge in [-0.15, -0.1) is 0 Å². The Bertz CT molecular complexity index is 418. The fourth-order valence-electron chi connectivity index (χ4n) is 1.28. The van der Waals surface area contributed by atoms with Crippen molar-refractivity contribution < 1.29 is 18.3 Å². The molecule has 1 rings (SSSR count). The zero-order valence-corrected chi connectivity index (χ0v) is 8.78. The summed E-state index contributed by atoms with van der Waals surface area (Å²) in [5.41, 5.74) is 4.32. The molecule has 0 saturated carbocycles. The molecule has 0 bridgehead atoms. The Balaban J connectivity index is 2.97. The first kappa shape index (κ1) is 13.2. The van der Waals surface area contributed by atoms with E-state index in [2.05, 4.69) is 0 Å². The van der Waals surface area contributed by atoms with Gasteiger partial charge in [-0.05, 0) is 17.7 Å². The SMILES string of the molecule is N/C=C\N(N)Cc1ccc(O)c(C(F)(F)F)c1. The summed E-state index contributed by atoms with van der Waals surface area (Å²) < 4.78 is 37.4. The number of benzene rings is 1. The number of phenols is 1. The van der Waals surface area contributed by atoms with Gasteiger partial charge in [-0.25, -0.2) is 5.84 Å². The van der Waals surface area contributed by atoms with E-state index in [1.54, 1.807) is 0 Å². The van der Waals surface area contributed by atoms with E-state index in [0.29, 0.717) is 5.56 Å². The molecule has 94 valence electrons. The van der Waals surface area contributed by atoms with Crippen LogP contribution in [0, 0.1) is 0 Å². The predicted octanol–water partition coefficient (Wildman–Crippen LogP) is 1.52. The highest BCUT2D eigenvalue weighted by molar-refractivity contribution is 5.38. The minimum absolute atomic E-state index is 0.0526. The largest absolute Gasteiger partial charge is 0.507 e. The van der Waals surface area contributed by atoms with Crippen LogP contribution < -0.4 is 11.6 Å². The highest BCUT2D eigenvalue weighted by atomic mass is 19.4. The first-order valence-corrected chi connectivity index (χ1v) is 4.63. The summed E-state index contributed by atoms with van der Waals surface area (Å²) >= 11 is 0. The van der Waals surface area contributed by atoms with Gasteiger partial charge in [0.05, 0.1) is 12.1 Å². The average molecular weight is 247 g/mol. The van der Waals surface area contributed by atoms with Crippen molar-refractivity contribution in [2.45, 2.75) is 12.7 Å². The zero-order valence-electron chi connectivity index (χ0n) is 8.78. The third-order valence-corrected chi connectivity index (χ3v) is 2.01. The monoisotopic (exact) mass is 247 g/mol. The van der Waals surface area contributed by atoms with Gasteiger partial charge in [0.2, 0.25) is 0 Å². The number of aromatic hydroxyl groups is 1. The third kappa shape index (κ3) is 3.56.